The summed E-state index contributed by atoms with van der Waals surface area (Å²) in [5.74, 6) is 0.896. The van der Waals surface area contributed by atoms with Crippen LogP contribution in [0.25, 0.3) is 0 Å². The summed E-state index contributed by atoms with van der Waals surface area (Å²) in [6.45, 7) is 0.339. The van der Waals surface area contributed by atoms with Crippen molar-refractivity contribution in [3.8, 4) is 11.5 Å². The van der Waals surface area contributed by atoms with Crippen molar-refractivity contribution < 1.29 is 19.1 Å². The highest BCUT2D eigenvalue weighted by Crippen LogP contribution is 2.25. The van der Waals surface area contributed by atoms with Gasteiger partial charge < -0.3 is 19.7 Å². The van der Waals surface area contributed by atoms with Gasteiger partial charge in [0.25, 0.3) is 5.91 Å². The lowest BCUT2D eigenvalue weighted by Gasteiger charge is -2.25. The van der Waals surface area contributed by atoms with Gasteiger partial charge in [0, 0.05) is 31.6 Å². The zero-order valence-electron chi connectivity index (χ0n) is 17.8. The van der Waals surface area contributed by atoms with E-state index in [1.165, 1.54) is 11.3 Å². The highest BCUT2D eigenvalue weighted by Gasteiger charge is 2.26. The molecular formula is C24H26N2O4S. The highest BCUT2D eigenvalue weighted by molar-refractivity contribution is 7.12. The van der Waals surface area contributed by atoms with E-state index in [9.17, 15) is 9.59 Å². The second-order valence-electron chi connectivity index (χ2n) is 7.07. The Morgan fingerprint density at radius 2 is 1.81 bits per heavy atom. The van der Waals surface area contributed by atoms with E-state index in [4.69, 9.17) is 9.47 Å². The third-order valence-corrected chi connectivity index (χ3v) is 5.78. The van der Waals surface area contributed by atoms with E-state index < -0.39 is 6.04 Å². The van der Waals surface area contributed by atoms with Crippen molar-refractivity contribution in [3.63, 3.8) is 0 Å². The fourth-order valence-corrected chi connectivity index (χ4v) is 3.90. The second kappa shape index (κ2) is 10.6. The molecule has 0 unspecified atom stereocenters. The van der Waals surface area contributed by atoms with Crippen LogP contribution in [0.4, 0.5) is 0 Å². The molecule has 0 spiro atoms. The number of benzene rings is 2. The van der Waals surface area contributed by atoms with E-state index in [1.807, 2.05) is 53.9 Å². The van der Waals surface area contributed by atoms with Crippen LogP contribution in [0, 0.1) is 0 Å². The molecule has 0 aliphatic heterocycles. The molecule has 2 aromatic carbocycles. The maximum Gasteiger partial charge on any atom is 0.262 e. The lowest BCUT2D eigenvalue weighted by molar-refractivity contribution is -0.132. The molecule has 0 radical (unpaired) electrons. The summed E-state index contributed by atoms with van der Waals surface area (Å²) >= 11 is 1.35. The van der Waals surface area contributed by atoms with Gasteiger partial charge in [-0.05, 0) is 29.1 Å². The topological polar surface area (TPSA) is 67.9 Å². The lowest BCUT2D eigenvalue weighted by Crippen LogP contribution is -2.48. The molecule has 0 aliphatic carbocycles. The van der Waals surface area contributed by atoms with Gasteiger partial charge in [0.15, 0.2) is 0 Å². The number of amides is 2. The minimum absolute atomic E-state index is 0.174. The molecule has 0 saturated carbocycles. The molecule has 2 amide bonds. The minimum Gasteiger partial charge on any atom is -0.497 e. The van der Waals surface area contributed by atoms with E-state index in [2.05, 4.69) is 5.32 Å². The molecule has 6 nitrogen and oxygen atoms in total. The third kappa shape index (κ3) is 5.86. The first kappa shape index (κ1) is 22.4. The van der Waals surface area contributed by atoms with E-state index in [0.717, 1.165) is 11.1 Å². The summed E-state index contributed by atoms with van der Waals surface area (Å²) in [5, 5.41) is 4.75. The van der Waals surface area contributed by atoms with Gasteiger partial charge in [-0.3, -0.25) is 9.59 Å². The summed E-state index contributed by atoms with van der Waals surface area (Å²) in [6, 6.07) is 18.0. The van der Waals surface area contributed by atoms with Gasteiger partial charge in [-0.2, -0.15) is 0 Å². The Kier molecular flexibility index (Phi) is 7.67. The summed E-state index contributed by atoms with van der Waals surface area (Å²) in [5.41, 5.74) is 1.82. The molecule has 0 saturated heterocycles. The molecule has 1 aromatic heterocycles. The van der Waals surface area contributed by atoms with E-state index in [1.54, 1.807) is 38.3 Å². The van der Waals surface area contributed by atoms with Gasteiger partial charge in [-0.25, -0.2) is 0 Å². The number of hydrogen-bond donors (Lipinski definition) is 1. The number of methoxy groups -OCH3 is 2. The smallest absolute Gasteiger partial charge is 0.262 e. The van der Waals surface area contributed by atoms with Crippen LogP contribution in [0.1, 0.15) is 20.8 Å². The number of hydrogen-bond acceptors (Lipinski definition) is 5. The van der Waals surface area contributed by atoms with Crippen molar-refractivity contribution in [1.29, 1.82) is 0 Å². The van der Waals surface area contributed by atoms with E-state index >= 15 is 0 Å². The predicted molar refractivity (Wildman–Crippen MR) is 122 cm³/mol. The number of nitrogens with one attached hydrogen (secondary N) is 1. The standard InChI is InChI=1S/C24H26N2O4S/c1-26(16-18-11-12-19(29-2)15-21(18)30-3)24(28)20(14-17-8-5-4-6-9-17)25-23(27)22-10-7-13-31-22/h4-13,15,20H,14,16H2,1-3H3,(H,25,27)/t20-/m0/s1. The van der Waals surface area contributed by atoms with Crippen molar-refractivity contribution in [2.45, 2.75) is 19.0 Å². The maximum atomic E-state index is 13.3. The first-order valence-electron chi connectivity index (χ1n) is 9.86. The van der Waals surface area contributed by atoms with Crippen LogP contribution in [-0.2, 0) is 17.8 Å². The largest absolute Gasteiger partial charge is 0.497 e. The molecule has 3 rings (SSSR count). The quantitative estimate of drug-likeness (QED) is 0.552. The number of thiophene rings is 1. The van der Waals surface area contributed by atoms with Crippen LogP contribution in [0.15, 0.2) is 66.0 Å². The Labute approximate surface area is 186 Å². The molecule has 3 aromatic rings. The number of nitrogens with zero attached hydrogens (tertiary/aromatic N) is 1. The Bertz CT molecular complexity index is 1010. The average molecular weight is 439 g/mol. The average Bonchev–Trinajstić information content (AvgIpc) is 3.34. The van der Waals surface area contributed by atoms with Gasteiger partial charge in [-0.1, -0.05) is 36.4 Å². The lowest BCUT2D eigenvalue weighted by atomic mass is 10.0. The number of carbonyl (C=O) groups excluding carboxylic acids is 2. The van der Waals surface area contributed by atoms with E-state index in [-0.39, 0.29) is 11.8 Å². The van der Waals surface area contributed by atoms with Crippen LogP contribution in [0.5, 0.6) is 11.5 Å². The number of ether oxygens (including phenoxy) is 2. The summed E-state index contributed by atoms with van der Waals surface area (Å²) in [7, 11) is 4.90. The zero-order chi connectivity index (χ0) is 22.2. The van der Waals surface area contributed by atoms with Crippen molar-refractivity contribution in [3.05, 3.63) is 82.0 Å². The molecule has 0 aliphatic rings. The third-order valence-electron chi connectivity index (χ3n) is 4.91. The van der Waals surface area contributed by atoms with Crippen LogP contribution >= 0.6 is 11.3 Å². The normalized spacial score (nSPS) is 11.5. The van der Waals surface area contributed by atoms with Crippen molar-refractivity contribution >= 4 is 23.2 Å². The van der Waals surface area contributed by atoms with Crippen LogP contribution in [0.3, 0.4) is 0 Å². The first-order valence-corrected chi connectivity index (χ1v) is 10.7. The van der Waals surface area contributed by atoms with Crippen molar-refractivity contribution in [2.24, 2.45) is 0 Å². The molecule has 1 atom stereocenters. The van der Waals surface area contributed by atoms with Crippen molar-refractivity contribution in [1.82, 2.24) is 10.2 Å². The molecule has 0 fully saturated rings. The van der Waals surface area contributed by atoms with Gasteiger partial charge >= 0.3 is 0 Å². The minimum atomic E-state index is -0.689. The molecule has 7 heteroatoms. The van der Waals surface area contributed by atoms with Gasteiger partial charge in [-0.15, -0.1) is 11.3 Å². The Morgan fingerprint density at radius 1 is 1.03 bits per heavy atom. The Morgan fingerprint density at radius 3 is 2.45 bits per heavy atom. The second-order valence-corrected chi connectivity index (χ2v) is 8.01. The van der Waals surface area contributed by atoms with Crippen molar-refractivity contribution in [2.75, 3.05) is 21.3 Å². The predicted octanol–water partition coefficient (Wildman–Crippen LogP) is 3.77. The summed E-state index contributed by atoms with van der Waals surface area (Å²) in [4.78, 5) is 28.2. The number of rotatable bonds is 9. The van der Waals surface area contributed by atoms with Gasteiger partial charge in [0.1, 0.15) is 17.5 Å². The Balaban J connectivity index is 1.78. The summed E-state index contributed by atoms with van der Waals surface area (Å²) in [6.07, 6.45) is 0.404. The highest BCUT2D eigenvalue weighted by atomic mass is 32.1. The molecular weight excluding hydrogens is 412 g/mol. The van der Waals surface area contributed by atoms with Gasteiger partial charge in [0.2, 0.25) is 5.91 Å². The SMILES string of the molecule is COc1ccc(CN(C)C(=O)[C@H](Cc2ccccc2)NC(=O)c2cccs2)c(OC)c1. The molecule has 1 N–H and O–H groups in total. The molecule has 0 bridgehead atoms. The van der Waals surface area contributed by atoms with Gasteiger partial charge in [0.05, 0.1) is 19.1 Å². The van der Waals surface area contributed by atoms with E-state index in [0.29, 0.717) is 29.3 Å². The monoisotopic (exact) mass is 438 g/mol. The summed E-state index contributed by atoms with van der Waals surface area (Å²) < 4.78 is 10.7. The molecule has 1 heterocycles. The number of likely N-dealkylation sites (N-methyl/N-ethyl adjacent to an activating group) is 1. The number of carbonyl (C=O) groups is 2. The fraction of sp³-hybridized carbons (Fsp3) is 0.250. The van der Waals surface area contributed by atoms with Crippen LogP contribution in [-0.4, -0.2) is 44.0 Å². The Hall–Kier alpha value is -3.32. The zero-order valence-corrected chi connectivity index (χ0v) is 18.6. The first-order chi connectivity index (χ1) is 15.0. The fourth-order valence-electron chi connectivity index (χ4n) is 3.27. The molecule has 162 valence electrons. The van der Waals surface area contributed by atoms with Crippen LogP contribution in [0.2, 0.25) is 0 Å². The molecule has 31 heavy (non-hydrogen) atoms. The van der Waals surface area contributed by atoms with Crippen LogP contribution < -0.4 is 14.8 Å². The maximum absolute atomic E-state index is 13.3.